The van der Waals surface area contributed by atoms with Gasteiger partial charge in [-0.2, -0.15) is 5.10 Å². The summed E-state index contributed by atoms with van der Waals surface area (Å²) in [6.45, 7) is 11.1. The molecule has 5 nitrogen and oxygen atoms in total. The van der Waals surface area contributed by atoms with Gasteiger partial charge in [0.15, 0.2) is 5.69 Å². The van der Waals surface area contributed by atoms with Crippen LogP contribution in [0.3, 0.4) is 0 Å². The van der Waals surface area contributed by atoms with E-state index in [0.717, 1.165) is 50.2 Å². The molecule has 0 atom stereocenters. The maximum absolute atomic E-state index is 13.0. The minimum atomic E-state index is 0.0820. The molecular formula is C16H28N4O. The summed E-state index contributed by atoms with van der Waals surface area (Å²) >= 11 is 0. The molecule has 0 spiro atoms. The molecule has 1 aromatic heterocycles. The minimum Gasteiger partial charge on any atom is -0.334 e. The molecule has 5 heteroatoms. The van der Waals surface area contributed by atoms with Gasteiger partial charge in [-0.25, -0.2) is 0 Å². The summed E-state index contributed by atoms with van der Waals surface area (Å²) in [6, 6.07) is 0.295. The molecule has 0 aromatic carbocycles. The second kappa shape index (κ2) is 7.07. The zero-order valence-electron chi connectivity index (χ0n) is 13.7. The van der Waals surface area contributed by atoms with Crippen molar-refractivity contribution in [3.05, 3.63) is 17.0 Å². The van der Waals surface area contributed by atoms with Gasteiger partial charge in [-0.1, -0.05) is 27.7 Å². The molecule has 1 aromatic rings. The third kappa shape index (κ3) is 3.46. The van der Waals surface area contributed by atoms with Crippen molar-refractivity contribution in [1.82, 2.24) is 20.4 Å². The number of H-pyrrole nitrogens is 1. The van der Waals surface area contributed by atoms with Gasteiger partial charge in [0.1, 0.15) is 0 Å². The summed E-state index contributed by atoms with van der Waals surface area (Å²) in [4.78, 5) is 15.0. The maximum Gasteiger partial charge on any atom is 0.274 e. The Kier molecular flexibility index (Phi) is 5.39. The van der Waals surface area contributed by atoms with E-state index in [1.165, 1.54) is 0 Å². The quantitative estimate of drug-likeness (QED) is 0.846. The number of carbonyl (C=O) groups is 1. The molecule has 118 valence electrons. The number of fused-ring (bicyclic) bond motifs is 1. The van der Waals surface area contributed by atoms with Crippen LogP contribution < -0.4 is 5.32 Å². The average Bonchev–Trinajstić information content (AvgIpc) is 2.90. The molecule has 0 bridgehead atoms. The highest BCUT2D eigenvalue weighted by molar-refractivity contribution is 5.94. The lowest BCUT2D eigenvalue weighted by Crippen LogP contribution is -2.42. The standard InChI is InChI=1S/C16H28N4O/c1-5-12(6-2)20(10-11(3)4)16(21)15-13-9-17-8-7-14(13)18-19-15/h11-12,17H,5-10H2,1-4H3,(H,18,19). The zero-order chi connectivity index (χ0) is 15.4. The molecule has 0 unspecified atom stereocenters. The summed E-state index contributed by atoms with van der Waals surface area (Å²) in [5, 5.41) is 10.7. The molecule has 2 rings (SSSR count). The van der Waals surface area contributed by atoms with Crippen molar-refractivity contribution >= 4 is 5.91 Å². The van der Waals surface area contributed by atoms with Crippen molar-refractivity contribution < 1.29 is 4.79 Å². The molecule has 0 radical (unpaired) electrons. The third-order valence-corrected chi connectivity index (χ3v) is 4.21. The van der Waals surface area contributed by atoms with Crippen LogP contribution in [-0.2, 0) is 13.0 Å². The summed E-state index contributed by atoms with van der Waals surface area (Å²) in [6.07, 6.45) is 2.89. The van der Waals surface area contributed by atoms with Crippen LogP contribution in [0.1, 0.15) is 62.3 Å². The fraction of sp³-hybridized carbons (Fsp3) is 0.750. The van der Waals surface area contributed by atoms with Crippen LogP contribution in [0.15, 0.2) is 0 Å². The molecule has 2 N–H and O–H groups in total. The number of nitrogens with zero attached hydrogens (tertiary/aromatic N) is 2. The van der Waals surface area contributed by atoms with Crippen LogP contribution in [0.4, 0.5) is 0 Å². The van der Waals surface area contributed by atoms with E-state index in [-0.39, 0.29) is 5.91 Å². The maximum atomic E-state index is 13.0. The number of amides is 1. The highest BCUT2D eigenvalue weighted by Crippen LogP contribution is 2.20. The van der Waals surface area contributed by atoms with Crippen LogP contribution in [-0.4, -0.2) is 40.1 Å². The Hall–Kier alpha value is -1.36. The predicted octanol–water partition coefficient (Wildman–Crippen LogP) is 2.34. The van der Waals surface area contributed by atoms with Gasteiger partial charge in [-0.3, -0.25) is 9.89 Å². The van der Waals surface area contributed by atoms with E-state index in [1.807, 2.05) is 4.90 Å². The van der Waals surface area contributed by atoms with Gasteiger partial charge in [0, 0.05) is 43.4 Å². The monoisotopic (exact) mass is 292 g/mol. The Morgan fingerprint density at radius 1 is 1.33 bits per heavy atom. The first-order valence-corrected chi connectivity index (χ1v) is 8.16. The number of hydrogen-bond donors (Lipinski definition) is 2. The number of hydrogen-bond acceptors (Lipinski definition) is 3. The van der Waals surface area contributed by atoms with Crippen molar-refractivity contribution in [2.45, 2.75) is 59.5 Å². The van der Waals surface area contributed by atoms with Gasteiger partial charge < -0.3 is 10.2 Å². The Balaban J connectivity index is 2.27. The van der Waals surface area contributed by atoms with E-state index in [2.05, 4.69) is 43.2 Å². The molecule has 1 aliphatic heterocycles. The van der Waals surface area contributed by atoms with Gasteiger partial charge in [-0.15, -0.1) is 0 Å². The fourth-order valence-corrected chi connectivity index (χ4v) is 3.06. The van der Waals surface area contributed by atoms with Gasteiger partial charge in [0.25, 0.3) is 5.91 Å². The van der Waals surface area contributed by atoms with Crippen LogP contribution in [0, 0.1) is 5.92 Å². The van der Waals surface area contributed by atoms with E-state index >= 15 is 0 Å². The smallest absolute Gasteiger partial charge is 0.274 e. The molecule has 2 heterocycles. The topological polar surface area (TPSA) is 61.0 Å². The molecule has 0 saturated carbocycles. The van der Waals surface area contributed by atoms with Crippen molar-refractivity contribution in [3.8, 4) is 0 Å². The summed E-state index contributed by atoms with van der Waals surface area (Å²) in [5.41, 5.74) is 2.79. The first-order valence-electron chi connectivity index (χ1n) is 8.16. The second-order valence-corrected chi connectivity index (χ2v) is 6.28. The van der Waals surface area contributed by atoms with E-state index in [4.69, 9.17) is 0 Å². The fourth-order valence-electron chi connectivity index (χ4n) is 3.06. The Morgan fingerprint density at radius 3 is 2.67 bits per heavy atom. The molecule has 1 aliphatic rings. The van der Waals surface area contributed by atoms with Crippen molar-refractivity contribution in [2.75, 3.05) is 13.1 Å². The average molecular weight is 292 g/mol. The number of nitrogens with one attached hydrogen (secondary N) is 2. The number of aromatic nitrogens is 2. The summed E-state index contributed by atoms with van der Waals surface area (Å²) in [5.74, 6) is 0.543. The van der Waals surface area contributed by atoms with Crippen LogP contribution in [0.25, 0.3) is 0 Å². The van der Waals surface area contributed by atoms with Crippen LogP contribution >= 0.6 is 0 Å². The summed E-state index contributed by atoms with van der Waals surface area (Å²) < 4.78 is 0. The third-order valence-electron chi connectivity index (χ3n) is 4.21. The van der Waals surface area contributed by atoms with Gasteiger partial charge in [-0.05, 0) is 18.8 Å². The Labute approximate surface area is 127 Å². The van der Waals surface area contributed by atoms with Crippen molar-refractivity contribution in [2.24, 2.45) is 5.92 Å². The molecule has 1 amide bonds. The lowest BCUT2D eigenvalue weighted by atomic mass is 10.0. The first-order chi connectivity index (χ1) is 10.1. The van der Waals surface area contributed by atoms with Crippen LogP contribution in [0.5, 0.6) is 0 Å². The number of rotatable bonds is 6. The lowest BCUT2D eigenvalue weighted by molar-refractivity contribution is 0.0633. The predicted molar refractivity (Wildman–Crippen MR) is 84.2 cm³/mol. The van der Waals surface area contributed by atoms with Gasteiger partial charge in [0.05, 0.1) is 0 Å². The molecule has 0 saturated heterocycles. The SMILES string of the molecule is CCC(CC)N(CC(C)C)C(=O)c1n[nH]c2c1CNCC2. The second-order valence-electron chi connectivity index (χ2n) is 6.28. The molecule has 21 heavy (non-hydrogen) atoms. The zero-order valence-corrected chi connectivity index (χ0v) is 13.7. The lowest BCUT2D eigenvalue weighted by Gasteiger charge is -2.32. The Morgan fingerprint density at radius 2 is 2.05 bits per heavy atom. The molecular weight excluding hydrogens is 264 g/mol. The first kappa shape index (κ1) is 16.0. The number of aromatic amines is 1. The van der Waals surface area contributed by atoms with Gasteiger partial charge >= 0.3 is 0 Å². The van der Waals surface area contributed by atoms with E-state index in [9.17, 15) is 4.79 Å². The molecule has 0 fully saturated rings. The van der Waals surface area contributed by atoms with E-state index in [1.54, 1.807) is 0 Å². The normalized spacial score (nSPS) is 14.6. The number of carbonyl (C=O) groups excluding carboxylic acids is 1. The Bertz CT molecular complexity index is 477. The van der Waals surface area contributed by atoms with Crippen molar-refractivity contribution in [3.63, 3.8) is 0 Å². The summed E-state index contributed by atoms with van der Waals surface area (Å²) in [7, 11) is 0. The minimum absolute atomic E-state index is 0.0820. The largest absolute Gasteiger partial charge is 0.334 e. The van der Waals surface area contributed by atoms with E-state index in [0.29, 0.717) is 17.7 Å². The highest BCUT2D eigenvalue weighted by Gasteiger charge is 2.29. The highest BCUT2D eigenvalue weighted by atomic mass is 16.2. The van der Waals surface area contributed by atoms with Gasteiger partial charge in [0.2, 0.25) is 0 Å². The molecule has 0 aliphatic carbocycles. The van der Waals surface area contributed by atoms with E-state index < -0.39 is 0 Å². The van der Waals surface area contributed by atoms with Crippen molar-refractivity contribution in [1.29, 1.82) is 0 Å². The van der Waals surface area contributed by atoms with Crippen LogP contribution in [0.2, 0.25) is 0 Å².